The lowest BCUT2D eigenvalue weighted by atomic mass is 10.1. The molecule has 1 amide bonds. The maximum Gasteiger partial charge on any atom is 0.234 e. The summed E-state index contributed by atoms with van der Waals surface area (Å²) < 4.78 is 0. The summed E-state index contributed by atoms with van der Waals surface area (Å²) in [7, 11) is 0. The van der Waals surface area contributed by atoms with E-state index >= 15 is 0 Å². The van der Waals surface area contributed by atoms with Crippen molar-refractivity contribution >= 4 is 5.91 Å². The molecule has 0 spiro atoms. The fourth-order valence-corrected chi connectivity index (χ4v) is 2.01. The summed E-state index contributed by atoms with van der Waals surface area (Å²) in [6, 6.07) is 4.00. The number of nitrogens with two attached hydrogens (primary N) is 1. The molecule has 2 rings (SSSR count). The maximum absolute atomic E-state index is 11.3. The lowest BCUT2D eigenvalue weighted by molar-refractivity contribution is -0.124. The zero-order valence-corrected chi connectivity index (χ0v) is 9.10. The number of piperazine rings is 1. The molecule has 1 unspecified atom stereocenters. The molecule has 0 aromatic carbocycles. The number of hydrogen-bond acceptors (Lipinski definition) is 4. The highest BCUT2D eigenvalue weighted by Crippen LogP contribution is 2.19. The molecule has 16 heavy (non-hydrogen) atoms. The first-order chi connectivity index (χ1) is 7.81. The van der Waals surface area contributed by atoms with Gasteiger partial charge in [0.05, 0.1) is 6.54 Å². The van der Waals surface area contributed by atoms with Gasteiger partial charge in [0.25, 0.3) is 0 Å². The number of aromatic nitrogens is 1. The van der Waals surface area contributed by atoms with Crippen LogP contribution in [0.3, 0.4) is 0 Å². The van der Waals surface area contributed by atoms with Gasteiger partial charge in [-0.2, -0.15) is 0 Å². The molecule has 86 valence electrons. The molecule has 2 heterocycles. The van der Waals surface area contributed by atoms with Gasteiger partial charge in [0, 0.05) is 38.1 Å². The Kier molecular flexibility index (Phi) is 3.48. The highest BCUT2D eigenvalue weighted by molar-refractivity contribution is 5.78. The predicted molar refractivity (Wildman–Crippen MR) is 60.6 cm³/mol. The lowest BCUT2D eigenvalue weighted by Crippen LogP contribution is -2.50. The second kappa shape index (κ2) is 5.05. The van der Waals surface area contributed by atoms with Crippen LogP contribution in [-0.2, 0) is 4.79 Å². The smallest absolute Gasteiger partial charge is 0.234 e. The molecule has 1 saturated heterocycles. The first-order valence-electron chi connectivity index (χ1n) is 5.42. The van der Waals surface area contributed by atoms with E-state index in [-0.39, 0.29) is 11.9 Å². The third-order valence-corrected chi connectivity index (χ3v) is 2.82. The van der Waals surface area contributed by atoms with Crippen molar-refractivity contribution in [1.29, 1.82) is 0 Å². The Balaban J connectivity index is 2.13. The largest absolute Gasteiger partial charge is 0.354 e. The van der Waals surface area contributed by atoms with Crippen molar-refractivity contribution in [3.05, 3.63) is 30.1 Å². The fraction of sp³-hybridized carbons (Fsp3) is 0.455. The Labute approximate surface area is 94.6 Å². The number of nitrogens with one attached hydrogen (secondary N) is 1. The van der Waals surface area contributed by atoms with Gasteiger partial charge in [-0.1, -0.05) is 0 Å². The molecule has 0 saturated carbocycles. The number of pyridine rings is 1. The van der Waals surface area contributed by atoms with Crippen molar-refractivity contribution in [2.45, 2.75) is 6.04 Å². The number of amides is 1. The Bertz CT molecular complexity index is 354. The van der Waals surface area contributed by atoms with Gasteiger partial charge in [0.1, 0.15) is 0 Å². The summed E-state index contributed by atoms with van der Waals surface area (Å²) in [5, 5.41) is 2.81. The summed E-state index contributed by atoms with van der Waals surface area (Å²) in [5.74, 6) is 0.0683. The van der Waals surface area contributed by atoms with E-state index in [9.17, 15) is 4.79 Å². The fourth-order valence-electron chi connectivity index (χ4n) is 2.01. The summed E-state index contributed by atoms with van der Waals surface area (Å²) >= 11 is 0. The van der Waals surface area contributed by atoms with Crippen molar-refractivity contribution in [2.75, 3.05) is 26.2 Å². The van der Waals surface area contributed by atoms with Gasteiger partial charge in [-0.3, -0.25) is 14.7 Å². The number of nitrogens with zero attached hydrogens (tertiary/aromatic N) is 2. The van der Waals surface area contributed by atoms with E-state index in [0.29, 0.717) is 19.6 Å². The second-order valence-electron chi connectivity index (χ2n) is 3.85. The molecule has 5 nitrogen and oxygen atoms in total. The van der Waals surface area contributed by atoms with Gasteiger partial charge in [0.2, 0.25) is 5.91 Å². The average molecular weight is 220 g/mol. The zero-order valence-electron chi connectivity index (χ0n) is 9.10. The third-order valence-electron chi connectivity index (χ3n) is 2.82. The molecular weight excluding hydrogens is 204 g/mol. The third kappa shape index (κ3) is 2.37. The van der Waals surface area contributed by atoms with Crippen LogP contribution in [0.4, 0.5) is 0 Å². The second-order valence-corrected chi connectivity index (χ2v) is 3.85. The number of hydrogen-bond donors (Lipinski definition) is 2. The van der Waals surface area contributed by atoms with Crippen LogP contribution in [0.1, 0.15) is 11.6 Å². The number of carbonyl (C=O) groups is 1. The van der Waals surface area contributed by atoms with E-state index in [1.165, 1.54) is 0 Å². The van der Waals surface area contributed by atoms with E-state index in [2.05, 4.69) is 15.2 Å². The molecular formula is C11H16N4O. The van der Waals surface area contributed by atoms with Gasteiger partial charge >= 0.3 is 0 Å². The molecule has 5 heteroatoms. The van der Waals surface area contributed by atoms with E-state index in [1.807, 2.05) is 12.1 Å². The zero-order chi connectivity index (χ0) is 11.4. The molecule has 0 bridgehead atoms. The molecule has 1 aromatic rings. The molecule has 1 aromatic heterocycles. The Morgan fingerprint density at radius 2 is 2.25 bits per heavy atom. The monoisotopic (exact) mass is 220 g/mol. The van der Waals surface area contributed by atoms with Crippen LogP contribution < -0.4 is 11.1 Å². The first-order valence-corrected chi connectivity index (χ1v) is 5.42. The van der Waals surface area contributed by atoms with Gasteiger partial charge < -0.3 is 11.1 Å². The minimum atomic E-state index is 0.0683. The van der Waals surface area contributed by atoms with Crippen LogP contribution in [0, 0.1) is 0 Å². The van der Waals surface area contributed by atoms with Gasteiger partial charge in [-0.25, -0.2) is 0 Å². The molecule has 0 aliphatic carbocycles. The van der Waals surface area contributed by atoms with Crippen molar-refractivity contribution in [3.8, 4) is 0 Å². The minimum absolute atomic E-state index is 0.0683. The summed E-state index contributed by atoms with van der Waals surface area (Å²) in [4.78, 5) is 17.4. The van der Waals surface area contributed by atoms with Crippen LogP contribution in [0.25, 0.3) is 0 Å². The van der Waals surface area contributed by atoms with Crippen LogP contribution in [0.15, 0.2) is 24.5 Å². The Morgan fingerprint density at radius 1 is 1.50 bits per heavy atom. The summed E-state index contributed by atoms with van der Waals surface area (Å²) in [6.45, 7) is 2.47. The Morgan fingerprint density at radius 3 is 2.88 bits per heavy atom. The SMILES string of the molecule is NCC(c1ccncc1)N1CCNC(=O)C1. The van der Waals surface area contributed by atoms with Crippen molar-refractivity contribution < 1.29 is 4.79 Å². The number of carbonyl (C=O) groups excluding carboxylic acids is 1. The van der Waals surface area contributed by atoms with Gasteiger partial charge in [-0.15, -0.1) is 0 Å². The normalized spacial score (nSPS) is 19.2. The quantitative estimate of drug-likeness (QED) is 0.721. The van der Waals surface area contributed by atoms with E-state index in [4.69, 9.17) is 5.73 Å². The van der Waals surface area contributed by atoms with Gasteiger partial charge in [0.15, 0.2) is 0 Å². The minimum Gasteiger partial charge on any atom is -0.354 e. The van der Waals surface area contributed by atoms with Crippen LogP contribution >= 0.6 is 0 Å². The van der Waals surface area contributed by atoms with Crippen molar-refractivity contribution in [2.24, 2.45) is 5.73 Å². The summed E-state index contributed by atoms with van der Waals surface area (Å²) in [5.41, 5.74) is 6.91. The van der Waals surface area contributed by atoms with Crippen molar-refractivity contribution in [3.63, 3.8) is 0 Å². The first kappa shape index (κ1) is 11.0. The average Bonchev–Trinajstić information content (AvgIpc) is 2.31. The topological polar surface area (TPSA) is 71.2 Å². The van der Waals surface area contributed by atoms with Crippen LogP contribution in [0.2, 0.25) is 0 Å². The van der Waals surface area contributed by atoms with E-state index in [1.54, 1.807) is 12.4 Å². The molecule has 1 aliphatic heterocycles. The molecule has 3 N–H and O–H groups in total. The lowest BCUT2D eigenvalue weighted by Gasteiger charge is -2.33. The molecule has 1 aliphatic rings. The highest BCUT2D eigenvalue weighted by atomic mass is 16.2. The molecule has 1 fully saturated rings. The molecule has 0 radical (unpaired) electrons. The summed E-state index contributed by atoms with van der Waals surface area (Å²) in [6.07, 6.45) is 3.50. The van der Waals surface area contributed by atoms with Gasteiger partial charge in [-0.05, 0) is 17.7 Å². The van der Waals surface area contributed by atoms with Crippen LogP contribution in [-0.4, -0.2) is 42.0 Å². The number of rotatable bonds is 3. The Hall–Kier alpha value is -1.46. The maximum atomic E-state index is 11.3. The highest BCUT2D eigenvalue weighted by Gasteiger charge is 2.24. The molecule has 1 atom stereocenters. The van der Waals surface area contributed by atoms with E-state index < -0.39 is 0 Å². The van der Waals surface area contributed by atoms with Crippen LogP contribution in [0.5, 0.6) is 0 Å². The van der Waals surface area contributed by atoms with Crippen molar-refractivity contribution in [1.82, 2.24) is 15.2 Å². The van der Waals surface area contributed by atoms with E-state index in [0.717, 1.165) is 12.1 Å². The predicted octanol–water partition coefficient (Wildman–Crippen LogP) is -0.487. The standard InChI is InChI=1S/C11H16N4O/c12-7-10(9-1-3-13-4-2-9)15-6-5-14-11(16)8-15/h1-4,10H,5-8,12H2,(H,14,16).